The van der Waals surface area contributed by atoms with Crippen molar-refractivity contribution in [2.75, 3.05) is 5.32 Å². The molecule has 0 aliphatic rings. The lowest BCUT2D eigenvalue weighted by atomic mass is 10.2. The highest BCUT2D eigenvalue weighted by Gasteiger charge is 2.04. The minimum absolute atomic E-state index is 0.753. The zero-order chi connectivity index (χ0) is 13.8. The highest BCUT2D eigenvalue weighted by atomic mass is 127. The predicted octanol–water partition coefficient (Wildman–Crippen LogP) is 3.07. The SMILES string of the molecule is Ic1cncnc1Nc1cnn(Cc2ccccc2)c1. The maximum atomic E-state index is 4.35. The van der Waals surface area contributed by atoms with Crippen molar-refractivity contribution in [1.29, 1.82) is 0 Å². The average molecular weight is 377 g/mol. The van der Waals surface area contributed by atoms with Gasteiger partial charge >= 0.3 is 0 Å². The average Bonchev–Trinajstić information content (AvgIpc) is 2.90. The Hall–Kier alpha value is -1.96. The van der Waals surface area contributed by atoms with Crippen molar-refractivity contribution in [3.8, 4) is 0 Å². The molecule has 0 saturated carbocycles. The molecule has 0 amide bonds. The molecule has 6 heteroatoms. The highest BCUT2D eigenvalue weighted by Crippen LogP contribution is 2.18. The summed E-state index contributed by atoms with van der Waals surface area (Å²) in [6.07, 6.45) is 7.05. The predicted molar refractivity (Wildman–Crippen MR) is 85.8 cm³/mol. The van der Waals surface area contributed by atoms with Crippen LogP contribution < -0.4 is 5.32 Å². The molecule has 2 aromatic heterocycles. The summed E-state index contributed by atoms with van der Waals surface area (Å²) < 4.78 is 2.87. The van der Waals surface area contributed by atoms with E-state index >= 15 is 0 Å². The summed E-state index contributed by atoms with van der Waals surface area (Å²) in [6, 6.07) is 10.2. The van der Waals surface area contributed by atoms with E-state index in [0.717, 1.165) is 21.6 Å². The van der Waals surface area contributed by atoms with Crippen LogP contribution in [0.3, 0.4) is 0 Å². The summed E-state index contributed by atoms with van der Waals surface area (Å²) in [5, 5.41) is 7.58. The molecule has 0 spiro atoms. The Morgan fingerprint density at radius 1 is 1.15 bits per heavy atom. The van der Waals surface area contributed by atoms with Gasteiger partial charge in [-0.1, -0.05) is 30.3 Å². The summed E-state index contributed by atoms with van der Waals surface area (Å²) in [5.41, 5.74) is 2.14. The summed E-state index contributed by atoms with van der Waals surface area (Å²) in [5.74, 6) is 0.792. The van der Waals surface area contributed by atoms with Gasteiger partial charge < -0.3 is 5.32 Å². The Bertz CT molecular complexity index is 696. The Balaban J connectivity index is 1.73. The van der Waals surface area contributed by atoms with Crippen LogP contribution in [0, 0.1) is 3.57 Å². The van der Waals surface area contributed by atoms with Crippen LogP contribution in [-0.2, 0) is 6.54 Å². The number of nitrogens with zero attached hydrogens (tertiary/aromatic N) is 4. The van der Waals surface area contributed by atoms with Crippen LogP contribution in [0.15, 0.2) is 55.2 Å². The van der Waals surface area contributed by atoms with Gasteiger partial charge in [-0.15, -0.1) is 0 Å². The molecule has 0 saturated heterocycles. The first-order valence-electron chi connectivity index (χ1n) is 6.10. The van der Waals surface area contributed by atoms with Gasteiger partial charge in [0.1, 0.15) is 12.1 Å². The Labute approximate surface area is 130 Å². The Morgan fingerprint density at radius 3 is 2.80 bits per heavy atom. The number of benzene rings is 1. The van der Waals surface area contributed by atoms with Gasteiger partial charge in [-0.25, -0.2) is 9.97 Å². The largest absolute Gasteiger partial charge is 0.337 e. The molecule has 0 aliphatic heterocycles. The van der Waals surface area contributed by atoms with E-state index in [-0.39, 0.29) is 0 Å². The number of aromatic nitrogens is 4. The van der Waals surface area contributed by atoms with Crippen molar-refractivity contribution in [3.05, 3.63) is 64.4 Å². The molecule has 5 nitrogen and oxygen atoms in total. The maximum absolute atomic E-state index is 4.35. The Morgan fingerprint density at radius 2 is 2.00 bits per heavy atom. The van der Waals surface area contributed by atoms with Crippen LogP contribution in [0.4, 0.5) is 11.5 Å². The maximum Gasteiger partial charge on any atom is 0.147 e. The molecule has 0 radical (unpaired) electrons. The third kappa shape index (κ3) is 3.13. The van der Waals surface area contributed by atoms with Gasteiger partial charge in [0, 0.05) is 12.4 Å². The first-order chi connectivity index (χ1) is 9.81. The zero-order valence-corrected chi connectivity index (χ0v) is 12.7. The molecular weight excluding hydrogens is 365 g/mol. The zero-order valence-electron chi connectivity index (χ0n) is 10.6. The van der Waals surface area contributed by atoms with E-state index in [1.165, 1.54) is 11.9 Å². The standard InChI is InChI=1S/C14H12IN5/c15-13-7-16-10-17-14(13)19-12-6-18-20(9-12)8-11-4-2-1-3-5-11/h1-7,9-10H,8H2,(H,16,17,19). The van der Waals surface area contributed by atoms with Crippen molar-refractivity contribution in [2.24, 2.45) is 0 Å². The van der Waals surface area contributed by atoms with Gasteiger partial charge in [-0.3, -0.25) is 4.68 Å². The van der Waals surface area contributed by atoms with Crippen LogP contribution in [0.25, 0.3) is 0 Å². The molecule has 100 valence electrons. The minimum atomic E-state index is 0.753. The lowest BCUT2D eigenvalue weighted by Crippen LogP contribution is -1.99. The molecular formula is C14H12IN5. The fourth-order valence-corrected chi connectivity index (χ4v) is 2.26. The quantitative estimate of drug-likeness (QED) is 0.711. The van der Waals surface area contributed by atoms with E-state index in [4.69, 9.17) is 0 Å². The molecule has 1 aromatic carbocycles. The third-order valence-corrected chi connectivity index (χ3v) is 3.54. The van der Waals surface area contributed by atoms with Crippen LogP contribution in [-0.4, -0.2) is 19.7 Å². The van der Waals surface area contributed by atoms with Crippen LogP contribution in [0.5, 0.6) is 0 Å². The molecule has 3 aromatic rings. The fourth-order valence-electron chi connectivity index (χ4n) is 1.83. The van der Waals surface area contributed by atoms with Gasteiger partial charge in [0.15, 0.2) is 0 Å². The van der Waals surface area contributed by atoms with E-state index in [0.29, 0.717) is 0 Å². The molecule has 20 heavy (non-hydrogen) atoms. The molecule has 0 aliphatic carbocycles. The number of rotatable bonds is 4. The Kier molecular flexibility index (Phi) is 3.91. The van der Waals surface area contributed by atoms with Crippen molar-refractivity contribution in [1.82, 2.24) is 19.7 Å². The lowest BCUT2D eigenvalue weighted by molar-refractivity contribution is 0.687. The molecule has 0 unspecified atom stereocenters. The lowest BCUT2D eigenvalue weighted by Gasteiger charge is -2.03. The second kappa shape index (κ2) is 6.00. The van der Waals surface area contributed by atoms with Crippen LogP contribution in [0.1, 0.15) is 5.56 Å². The summed E-state index contributed by atoms with van der Waals surface area (Å²) in [6.45, 7) is 0.753. The molecule has 2 heterocycles. The number of anilines is 2. The molecule has 0 fully saturated rings. The van der Waals surface area contributed by atoms with Crippen molar-refractivity contribution in [2.45, 2.75) is 6.54 Å². The van der Waals surface area contributed by atoms with E-state index in [1.807, 2.05) is 29.1 Å². The minimum Gasteiger partial charge on any atom is -0.337 e. The van der Waals surface area contributed by atoms with Gasteiger partial charge in [0.25, 0.3) is 0 Å². The molecule has 1 N–H and O–H groups in total. The van der Waals surface area contributed by atoms with E-state index in [2.05, 4.69) is 55.1 Å². The molecule has 3 rings (SSSR count). The highest BCUT2D eigenvalue weighted by molar-refractivity contribution is 14.1. The first kappa shape index (κ1) is 13.0. The molecule has 0 bridgehead atoms. The van der Waals surface area contributed by atoms with Gasteiger partial charge in [0.2, 0.25) is 0 Å². The summed E-state index contributed by atoms with van der Waals surface area (Å²) >= 11 is 2.20. The van der Waals surface area contributed by atoms with Crippen molar-refractivity contribution >= 4 is 34.1 Å². The third-order valence-electron chi connectivity index (χ3n) is 2.75. The normalized spacial score (nSPS) is 10.4. The fraction of sp³-hybridized carbons (Fsp3) is 0.0714. The second-order valence-electron chi connectivity index (χ2n) is 4.26. The van der Waals surface area contributed by atoms with Gasteiger partial charge in [-0.2, -0.15) is 5.10 Å². The van der Waals surface area contributed by atoms with E-state index in [9.17, 15) is 0 Å². The van der Waals surface area contributed by atoms with Crippen LogP contribution >= 0.6 is 22.6 Å². The van der Waals surface area contributed by atoms with Gasteiger partial charge in [0.05, 0.1) is 22.0 Å². The van der Waals surface area contributed by atoms with Crippen molar-refractivity contribution < 1.29 is 0 Å². The topological polar surface area (TPSA) is 55.6 Å². The smallest absolute Gasteiger partial charge is 0.147 e. The van der Waals surface area contributed by atoms with E-state index in [1.54, 1.807) is 12.4 Å². The summed E-state index contributed by atoms with van der Waals surface area (Å²) in [4.78, 5) is 8.17. The number of hydrogen-bond acceptors (Lipinski definition) is 4. The van der Waals surface area contributed by atoms with Gasteiger partial charge in [-0.05, 0) is 28.2 Å². The number of nitrogens with one attached hydrogen (secondary N) is 1. The first-order valence-corrected chi connectivity index (χ1v) is 7.18. The van der Waals surface area contributed by atoms with Crippen molar-refractivity contribution in [3.63, 3.8) is 0 Å². The van der Waals surface area contributed by atoms with E-state index < -0.39 is 0 Å². The summed E-state index contributed by atoms with van der Waals surface area (Å²) in [7, 11) is 0. The van der Waals surface area contributed by atoms with Crippen LogP contribution in [0.2, 0.25) is 0 Å². The molecule has 0 atom stereocenters. The monoisotopic (exact) mass is 377 g/mol. The second-order valence-corrected chi connectivity index (χ2v) is 5.42. The number of hydrogen-bond donors (Lipinski definition) is 1. The number of halogens is 1.